The lowest BCUT2D eigenvalue weighted by Gasteiger charge is -2.26. The Hall–Kier alpha value is -2.40. The molecule has 1 amide bonds. The number of sulfonamides is 1. The topological polar surface area (TPSA) is 103 Å². The fourth-order valence-electron chi connectivity index (χ4n) is 3.43. The summed E-state index contributed by atoms with van der Waals surface area (Å²) in [5.74, 6) is -0.106. The van der Waals surface area contributed by atoms with Gasteiger partial charge < -0.3 is 14.8 Å². The molecule has 0 unspecified atom stereocenters. The quantitative estimate of drug-likeness (QED) is 0.534. The van der Waals surface area contributed by atoms with Gasteiger partial charge in [-0.2, -0.15) is 9.40 Å². The molecule has 0 bridgehead atoms. The standard InChI is InChI=1S/C22H29ClN4O5S/c1-4-5-10-27-22(23)18(16(2)25-27)7-9-21(28)24-19-15-17(6-8-20(19)31-3)33(29,30)26-11-13-32-14-12-26/h6-9,15H,4-5,10-14H2,1-3H3,(H,24,28)/b9-7+. The molecule has 1 aromatic carbocycles. The molecule has 0 aliphatic carbocycles. The lowest BCUT2D eigenvalue weighted by Crippen LogP contribution is -2.40. The van der Waals surface area contributed by atoms with E-state index < -0.39 is 15.9 Å². The average Bonchev–Trinajstić information content (AvgIpc) is 3.09. The number of aromatic nitrogens is 2. The summed E-state index contributed by atoms with van der Waals surface area (Å²) < 4.78 is 39.6. The zero-order valence-corrected chi connectivity index (χ0v) is 20.6. The van der Waals surface area contributed by atoms with E-state index in [1.165, 1.54) is 35.7 Å². The number of rotatable bonds is 9. The Balaban J connectivity index is 1.79. The lowest BCUT2D eigenvalue weighted by molar-refractivity contribution is -0.111. The predicted octanol–water partition coefficient (Wildman–Crippen LogP) is 3.33. The van der Waals surface area contributed by atoms with E-state index in [1.807, 2.05) is 6.92 Å². The Labute approximate surface area is 199 Å². The molecule has 180 valence electrons. The summed E-state index contributed by atoms with van der Waals surface area (Å²) in [5, 5.41) is 7.59. The number of nitrogens with zero attached hydrogens (tertiary/aromatic N) is 3. The molecule has 1 aliphatic rings. The molecular formula is C22H29ClN4O5S. The molecule has 1 N–H and O–H groups in total. The predicted molar refractivity (Wildman–Crippen MR) is 127 cm³/mol. The molecular weight excluding hydrogens is 468 g/mol. The van der Waals surface area contributed by atoms with Crippen LogP contribution in [0.5, 0.6) is 5.75 Å². The highest BCUT2D eigenvalue weighted by Gasteiger charge is 2.27. The molecule has 2 heterocycles. The van der Waals surface area contributed by atoms with Crippen LogP contribution in [0.1, 0.15) is 31.0 Å². The van der Waals surface area contributed by atoms with E-state index in [-0.39, 0.29) is 23.7 Å². The summed E-state index contributed by atoms with van der Waals surface area (Å²) in [6.45, 7) is 5.88. The Morgan fingerprint density at radius 3 is 2.73 bits per heavy atom. The number of amides is 1. The van der Waals surface area contributed by atoms with Crippen LogP contribution >= 0.6 is 11.6 Å². The number of anilines is 1. The van der Waals surface area contributed by atoms with Gasteiger partial charge in [-0.25, -0.2) is 8.42 Å². The summed E-state index contributed by atoms with van der Waals surface area (Å²) >= 11 is 6.42. The van der Waals surface area contributed by atoms with Crippen LogP contribution in [0.2, 0.25) is 5.15 Å². The summed E-state index contributed by atoms with van der Waals surface area (Å²) in [6.07, 6.45) is 4.91. The maximum Gasteiger partial charge on any atom is 0.248 e. The van der Waals surface area contributed by atoms with Crippen molar-refractivity contribution >= 4 is 39.3 Å². The Morgan fingerprint density at radius 2 is 2.06 bits per heavy atom. The van der Waals surface area contributed by atoms with E-state index in [0.29, 0.717) is 36.2 Å². The van der Waals surface area contributed by atoms with Gasteiger partial charge in [-0.05, 0) is 37.6 Å². The number of aryl methyl sites for hydroxylation is 2. The van der Waals surface area contributed by atoms with E-state index >= 15 is 0 Å². The van der Waals surface area contributed by atoms with Gasteiger partial charge in [-0.1, -0.05) is 24.9 Å². The normalized spacial score (nSPS) is 15.2. The smallest absolute Gasteiger partial charge is 0.248 e. The van der Waals surface area contributed by atoms with Gasteiger partial charge in [-0.3, -0.25) is 9.48 Å². The first kappa shape index (κ1) is 25.2. The molecule has 11 heteroatoms. The van der Waals surface area contributed by atoms with Crippen LogP contribution in [0.15, 0.2) is 29.2 Å². The van der Waals surface area contributed by atoms with Gasteiger partial charge in [0.2, 0.25) is 15.9 Å². The third kappa shape index (κ3) is 5.94. The molecule has 1 aliphatic heterocycles. The third-order valence-electron chi connectivity index (χ3n) is 5.27. The maximum absolute atomic E-state index is 13.0. The monoisotopic (exact) mass is 496 g/mol. The van der Waals surface area contributed by atoms with E-state index in [4.69, 9.17) is 21.1 Å². The van der Waals surface area contributed by atoms with E-state index in [9.17, 15) is 13.2 Å². The Morgan fingerprint density at radius 1 is 1.33 bits per heavy atom. The summed E-state index contributed by atoms with van der Waals surface area (Å²) in [5.41, 5.74) is 1.64. The van der Waals surface area contributed by atoms with Gasteiger partial charge in [0.1, 0.15) is 10.9 Å². The number of ether oxygens (including phenoxy) is 2. The second-order valence-electron chi connectivity index (χ2n) is 7.57. The lowest BCUT2D eigenvalue weighted by atomic mass is 10.2. The first-order valence-corrected chi connectivity index (χ1v) is 12.6. The average molecular weight is 497 g/mol. The molecule has 0 spiro atoms. The minimum absolute atomic E-state index is 0.0700. The number of nitrogens with one attached hydrogen (secondary N) is 1. The number of carbonyl (C=O) groups is 1. The molecule has 1 fully saturated rings. The van der Waals surface area contributed by atoms with Crippen molar-refractivity contribution in [1.29, 1.82) is 0 Å². The van der Waals surface area contributed by atoms with Crippen LogP contribution in [0.25, 0.3) is 6.08 Å². The van der Waals surface area contributed by atoms with Crippen LogP contribution in [0, 0.1) is 6.92 Å². The highest BCUT2D eigenvalue weighted by Crippen LogP contribution is 2.29. The van der Waals surface area contributed by atoms with Crippen LogP contribution in [0.4, 0.5) is 5.69 Å². The highest BCUT2D eigenvalue weighted by atomic mass is 35.5. The maximum atomic E-state index is 13.0. The first-order valence-electron chi connectivity index (χ1n) is 10.8. The SMILES string of the molecule is CCCCn1nc(C)c(/C=C/C(=O)Nc2cc(S(=O)(=O)N3CCOCC3)ccc2OC)c1Cl. The van der Waals surface area contributed by atoms with Crippen LogP contribution in [-0.2, 0) is 26.1 Å². The minimum Gasteiger partial charge on any atom is -0.495 e. The molecule has 2 aromatic rings. The Kier molecular flexibility index (Phi) is 8.52. The third-order valence-corrected chi connectivity index (χ3v) is 7.56. The second-order valence-corrected chi connectivity index (χ2v) is 9.86. The second kappa shape index (κ2) is 11.1. The largest absolute Gasteiger partial charge is 0.495 e. The zero-order valence-electron chi connectivity index (χ0n) is 19.0. The number of carbonyl (C=O) groups excluding carboxylic acids is 1. The summed E-state index contributed by atoms with van der Waals surface area (Å²) in [6, 6.07) is 4.38. The van der Waals surface area contributed by atoms with E-state index in [1.54, 1.807) is 10.8 Å². The van der Waals surface area contributed by atoms with Crippen molar-refractivity contribution < 1.29 is 22.7 Å². The Bertz CT molecular complexity index is 1120. The minimum atomic E-state index is -3.72. The number of morpholine rings is 1. The van der Waals surface area contributed by atoms with Crippen LogP contribution < -0.4 is 10.1 Å². The van der Waals surface area contributed by atoms with Crippen molar-refractivity contribution in [2.75, 3.05) is 38.7 Å². The molecule has 1 saturated heterocycles. The van der Waals surface area contributed by atoms with E-state index in [2.05, 4.69) is 17.3 Å². The van der Waals surface area contributed by atoms with Gasteiger partial charge in [-0.15, -0.1) is 0 Å². The zero-order chi connectivity index (χ0) is 24.0. The first-order chi connectivity index (χ1) is 15.8. The number of unbranched alkanes of at least 4 members (excludes halogenated alkanes) is 1. The number of benzene rings is 1. The number of hydrogen-bond donors (Lipinski definition) is 1. The van der Waals surface area contributed by atoms with Gasteiger partial charge in [0.15, 0.2) is 0 Å². The molecule has 33 heavy (non-hydrogen) atoms. The fraction of sp³-hybridized carbons (Fsp3) is 0.455. The number of halogens is 1. The number of hydrogen-bond acceptors (Lipinski definition) is 6. The van der Waals surface area contributed by atoms with Crippen molar-refractivity contribution in [3.8, 4) is 5.75 Å². The van der Waals surface area contributed by atoms with Gasteiger partial charge in [0, 0.05) is 31.3 Å². The van der Waals surface area contributed by atoms with Crippen LogP contribution in [-0.4, -0.2) is 61.8 Å². The van der Waals surface area contributed by atoms with Gasteiger partial charge in [0.25, 0.3) is 0 Å². The molecule has 9 nitrogen and oxygen atoms in total. The summed E-state index contributed by atoms with van der Waals surface area (Å²) in [7, 11) is -2.27. The van der Waals surface area contributed by atoms with Gasteiger partial charge in [0.05, 0.1) is 36.6 Å². The molecule has 0 radical (unpaired) electrons. The van der Waals surface area contributed by atoms with Crippen molar-refractivity contribution in [1.82, 2.24) is 14.1 Å². The molecule has 1 aromatic heterocycles. The van der Waals surface area contributed by atoms with Crippen molar-refractivity contribution in [3.05, 3.63) is 40.7 Å². The van der Waals surface area contributed by atoms with Crippen molar-refractivity contribution in [2.45, 2.75) is 38.1 Å². The summed E-state index contributed by atoms with van der Waals surface area (Å²) in [4.78, 5) is 12.7. The number of methoxy groups -OCH3 is 1. The fourth-order valence-corrected chi connectivity index (χ4v) is 5.18. The molecule has 3 rings (SSSR count). The van der Waals surface area contributed by atoms with E-state index in [0.717, 1.165) is 18.5 Å². The van der Waals surface area contributed by atoms with Gasteiger partial charge >= 0.3 is 0 Å². The van der Waals surface area contributed by atoms with Crippen molar-refractivity contribution in [3.63, 3.8) is 0 Å². The van der Waals surface area contributed by atoms with Crippen molar-refractivity contribution in [2.24, 2.45) is 0 Å². The molecule has 0 saturated carbocycles. The highest BCUT2D eigenvalue weighted by molar-refractivity contribution is 7.89. The molecule has 0 atom stereocenters. The van der Waals surface area contributed by atoms with Crippen LogP contribution in [0.3, 0.4) is 0 Å².